The molecule has 0 unspecified atom stereocenters. The lowest BCUT2D eigenvalue weighted by Gasteiger charge is -2.34. The highest BCUT2D eigenvalue weighted by molar-refractivity contribution is 6.42. The second kappa shape index (κ2) is 10.8. The van der Waals surface area contributed by atoms with Crippen molar-refractivity contribution in [3.63, 3.8) is 0 Å². The number of hydrogen-bond acceptors (Lipinski definition) is 3. The van der Waals surface area contributed by atoms with Crippen LogP contribution in [-0.4, -0.2) is 32.8 Å². The minimum atomic E-state index is -1.06. The van der Waals surface area contributed by atoms with Crippen molar-refractivity contribution in [1.82, 2.24) is 9.47 Å². The highest BCUT2D eigenvalue weighted by Crippen LogP contribution is 2.35. The number of amides is 1. The summed E-state index contributed by atoms with van der Waals surface area (Å²) >= 11 is 12.5. The molecule has 0 bridgehead atoms. The van der Waals surface area contributed by atoms with E-state index >= 15 is 0 Å². The zero-order valence-electron chi connectivity index (χ0n) is 19.8. The molecule has 0 atom stereocenters. The van der Waals surface area contributed by atoms with Gasteiger partial charge < -0.3 is 14.4 Å². The molecule has 0 aliphatic heterocycles. The maximum absolute atomic E-state index is 13.5. The molecule has 32 heavy (non-hydrogen) atoms. The van der Waals surface area contributed by atoms with Gasteiger partial charge in [-0.25, -0.2) is 4.79 Å². The smallest absolute Gasteiger partial charge is 0.408 e. The van der Waals surface area contributed by atoms with Crippen molar-refractivity contribution in [1.29, 1.82) is 0 Å². The topological polar surface area (TPSA) is 71.8 Å². The first-order valence-corrected chi connectivity index (χ1v) is 11.8. The summed E-state index contributed by atoms with van der Waals surface area (Å²) < 4.78 is 7.85. The van der Waals surface area contributed by atoms with Crippen LogP contribution in [0.2, 0.25) is 10.0 Å². The summed E-state index contributed by atoms with van der Waals surface area (Å²) in [6.07, 6.45) is 1.47. The van der Waals surface area contributed by atoms with Crippen molar-refractivity contribution >= 4 is 40.1 Å². The number of rotatable bonds is 9. The molecule has 178 valence electrons. The lowest BCUT2D eigenvalue weighted by molar-refractivity contribution is 0.0927. The Hall–Kier alpha value is -1.92. The Bertz CT molecular complexity index is 1030. The quantitative estimate of drug-likeness (QED) is 0.396. The van der Waals surface area contributed by atoms with Gasteiger partial charge in [0.1, 0.15) is 5.75 Å². The standard InChI is InChI=1S/C24H34Cl2N2O4/c1-7-8-11-32-21-16-12-18(25)19(26)13-17(16)22(29)27(10-9-15(2)3)20(21)14-28(23(30)31)24(4,5)6/h12-13,15H,7-11,14H2,1-6H3,(H,30,31). The van der Waals surface area contributed by atoms with Crippen LogP contribution in [-0.2, 0) is 13.1 Å². The average Bonchev–Trinajstić information content (AvgIpc) is 2.67. The number of nitrogens with zero attached hydrogens (tertiary/aromatic N) is 2. The maximum atomic E-state index is 13.5. The number of ether oxygens (including phenoxy) is 1. The summed E-state index contributed by atoms with van der Waals surface area (Å²) in [6.45, 7) is 12.6. The normalized spacial score (nSPS) is 11.9. The molecule has 0 fully saturated rings. The van der Waals surface area contributed by atoms with Gasteiger partial charge >= 0.3 is 6.09 Å². The van der Waals surface area contributed by atoms with Crippen LogP contribution in [0, 0.1) is 5.92 Å². The Kier molecular flexibility index (Phi) is 8.89. The summed E-state index contributed by atoms with van der Waals surface area (Å²) in [4.78, 5) is 27.0. The fraction of sp³-hybridized carbons (Fsp3) is 0.583. The SMILES string of the molecule is CCCCOc1c(CN(C(=O)O)C(C)(C)C)n(CCC(C)C)c(=O)c2cc(Cl)c(Cl)cc12. The average molecular weight is 485 g/mol. The minimum absolute atomic E-state index is 0.0177. The van der Waals surface area contributed by atoms with Crippen molar-refractivity contribution in [3.8, 4) is 5.75 Å². The largest absolute Gasteiger partial charge is 0.491 e. The molecular weight excluding hydrogens is 451 g/mol. The van der Waals surface area contributed by atoms with Crippen LogP contribution >= 0.6 is 23.2 Å². The number of pyridine rings is 1. The molecule has 0 aliphatic rings. The monoisotopic (exact) mass is 484 g/mol. The molecule has 0 saturated heterocycles. The molecule has 0 spiro atoms. The van der Waals surface area contributed by atoms with E-state index in [9.17, 15) is 14.7 Å². The zero-order valence-corrected chi connectivity index (χ0v) is 21.3. The molecule has 1 N–H and O–H groups in total. The van der Waals surface area contributed by atoms with Crippen LogP contribution in [0.1, 0.15) is 66.5 Å². The highest BCUT2D eigenvalue weighted by atomic mass is 35.5. The van der Waals surface area contributed by atoms with E-state index in [1.807, 2.05) is 20.8 Å². The van der Waals surface area contributed by atoms with Crippen LogP contribution < -0.4 is 10.3 Å². The first-order valence-electron chi connectivity index (χ1n) is 11.1. The van der Waals surface area contributed by atoms with Gasteiger partial charge in [-0.3, -0.25) is 9.69 Å². The van der Waals surface area contributed by atoms with Crippen LogP contribution in [0.25, 0.3) is 10.8 Å². The van der Waals surface area contributed by atoms with Gasteiger partial charge in [0, 0.05) is 17.5 Å². The first-order chi connectivity index (χ1) is 14.9. The third kappa shape index (κ3) is 6.10. The molecule has 2 aromatic rings. The van der Waals surface area contributed by atoms with Crippen molar-refractivity contribution < 1.29 is 14.6 Å². The van der Waals surface area contributed by atoms with E-state index in [2.05, 4.69) is 20.8 Å². The Labute approximate surface area is 200 Å². The van der Waals surface area contributed by atoms with Crippen molar-refractivity contribution in [2.24, 2.45) is 5.92 Å². The number of benzene rings is 1. The first kappa shape index (κ1) is 26.3. The van der Waals surface area contributed by atoms with Gasteiger partial charge in [0.05, 0.1) is 34.3 Å². The maximum Gasteiger partial charge on any atom is 0.408 e. The van der Waals surface area contributed by atoms with Gasteiger partial charge in [-0.15, -0.1) is 0 Å². The van der Waals surface area contributed by atoms with Crippen LogP contribution in [0.4, 0.5) is 4.79 Å². The van der Waals surface area contributed by atoms with Crippen molar-refractivity contribution in [2.45, 2.75) is 79.4 Å². The molecule has 1 heterocycles. The van der Waals surface area contributed by atoms with E-state index in [0.717, 1.165) is 19.3 Å². The van der Waals surface area contributed by atoms with E-state index in [0.29, 0.717) is 51.3 Å². The van der Waals surface area contributed by atoms with Gasteiger partial charge in [-0.2, -0.15) is 0 Å². The second-order valence-corrected chi connectivity index (χ2v) is 10.3. The summed E-state index contributed by atoms with van der Waals surface area (Å²) in [6, 6.07) is 3.21. The Morgan fingerprint density at radius 1 is 1.19 bits per heavy atom. The van der Waals surface area contributed by atoms with Gasteiger partial charge in [0.15, 0.2) is 0 Å². The summed E-state index contributed by atoms with van der Waals surface area (Å²) in [5.41, 5.74) is -0.357. The Morgan fingerprint density at radius 2 is 1.78 bits per heavy atom. The van der Waals surface area contributed by atoms with E-state index in [1.165, 1.54) is 4.90 Å². The van der Waals surface area contributed by atoms with Gasteiger partial charge in [0.25, 0.3) is 5.56 Å². The van der Waals surface area contributed by atoms with E-state index in [1.54, 1.807) is 16.7 Å². The molecule has 1 aromatic carbocycles. The zero-order chi connectivity index (χ0) is 24.2. The molecule has 8 heteroatoms. The molecule has 0 saturated carbocycles. The molecule has 6 nitrogen and oxygen atoms in total. The third-order valence-corrected chi connectivity index (χ3v) is 6.11. The summed E-state index contributed by atoms with van der Waals surface area (Å²) in [7, 11) is 0. The number of unbranched alkanes of at least 4 members (excludes halogenated alkanes) is 1. The molecule has 1 aromatic heterocycles. The Balaban J connectivity index is 2.86. The molecule has 1 amide bonds. The number of hydrogen-bond donors (Lipinski definition) is 1. The fourth-order valence-electron chi connectivity index (χ4n) is 3.46. The van der Waals surface area contributed by atoms with E-state index in [4.69, 9.17) is 27.9 Å². The minimum Gasteiger partial charge on any atom is -0.491 e. The van der Waals surface area contributed by atoms with Gasteiger partial charge in [0.2, 0.25) is 0 Å². The fourth-order valence-corrected chi connectivity index (χ4v) is 3.79. The predicted molar refractivity (Wildman–Crippen MR) is 131 cm³/mol. The number of carbonyl (C=O) groups is 1. The second-order valence-electron chi connectivity index (χ2n) is 9.47. The molecule has 0 radical (unpaired) electrons. The molecule has 0 aliphatic carbocycles. The third-order valence-electron chi connectivity index (χ3n) is 5.39. The van der Waals surface area contributed by atoms with Crippen LogP contribution in [0.5, 0.6) is 5.75 Å². The van der Waals surface area contributed by atoms with Crippen LogP contribution in [0.15, 0.2) is 16.9 Å². The van der Waals surface area contributed by atoms with E-state index < -0.39 is 11.6 Å². The van der Waals surface area contributed by atoms with Crippen molar-refractivity contribution in [2.75, 3.05) is 6.61 Å². The Morgan fingerprint density at radius 3 is 2.28 bits per heavy atom. The lowest BCUT2D eigenvalue weighted by atomic mass is 10.0. The molecular formula is C24H34Cl2N2O4. The van der Waals surface area contributed by atoms with Gasteiger partial charge in [-0.05, 0) is 51.7 Å². The number of aromatic nitrogens is 1. The lowest BCUT2D eigenvalue weighted by Crippen LogP contribution is -2.45. The van der Waals surface area contributed by atoms with Crippen molar-refractivity contribution in [3.05, 3.63) is 38.2 Å². The van der Waals surface area contributed by atoms with Crippen LogP contribution in [0.3, 0.4) is 0 Å². The number of fused-ring (bicyclic) bond motifs is 1. The highest BCUT2D eigenvalue weighted by Gasteiger charge is 2.30. The molecule has 2 rings (SSSR count). The summed E-state index contributed by atoms with van der Waals surface area (Å²) in [5.74, 6) is 0.854. The summed E-state index contributed by atoms with van der Waals surface area (Å²) in [5, 5.41) is 11.5. The number of carboxylic acid groups (broad SMARTS) is 1. The number of halogens is 2. The van der Waals surface area contributed by atoms with Gasteiger partial charge in [-0.1, -0.05) is 50.4 Å². The predicted octanol–water partition coefficient (Wildman–Crippen LogP) is 6.81. The van der Waals surface area contributed by atoms with E-state index in [-0.39, 0.29) is 12.1 Å².